The molecule has 1 saturated heterocycles. The molecule has 0 bridgehead atoms. The van der Waals surface area contributed by atoms with Gasteiger partial charge in [0.05, 0.1) is 0 Å². The van der Waals surface area contributed by atoms with Gasteiger partial charge in [0.25, 0.3) is 5.91 Å². The molecule has 4 aromatic rings. The van der Waals surface area contributed by atoms with E-state index in [1.165, 1.54) is 0 Å². The summed E-state index contributed by atoms with van der Waals surface area (Å²) < 4.78 is 68.9. The summed E-state index contributed by atoms with van der Waals surface area (Å²) in [6, 6.07) is 17.7. The smallest absolute Gasteiger partial charge is 0.256 e. The molecule has 0 aromatic heterocycles. The minimum atomic E-state index is -2.17. The van der Waals surface area contributed by atoms with Crippen LogP contribution >= 0.6 is 11.6 Å². The molecule has 37 heavy (non-hydrogen) atoms. The lowest BCUT2D eigenvalue weighted by molar-refractivity contribution is 0.102. The third kappa shape index (κ3) is 4.55. The van der Waals surface area contributed by atoms with E-state index in [-0.39, 0.29) is 19.0 Å². The molecule has 1 heterocycles. The summed E-state index contributed by atoms with van der Waals surface area (Å²) in [6.45, 7) is 0.699. The third-order valence-electron chi connectivity index (χ3n) is 6.39. The second-order valence-corrected chi connectivity index (χ2v) is 8.94. The van der Waals surface area contributed by atoms with Crippen LogP contribution in [0.15, 0.2) is 60.7 Å². The summed E-state index contributed by atoms with van der Waals surface area (Å²) in [5, 5.41) is 4.92. The molecule has 10 heteroatoms. The maximum Gasteiger partial charge on any atom is 0.256 e. The van der Waals surface area contributed by atoms with Crippen molar-refractivity contribution in [3.63, 3.8) is 0 Å². The van der Waals surface area contributed by atoms with E-state index in [4.69, 9.17) is 11.6 Å². The Balaban J connectivity index is 1.27. The molecule has 1 fully saturated rings. The average molecular weight is 532 g/mol. The first-order valence-corrected chi connectivity index (χ1v) is 11.7. The van der Waals surface area contributed by atoms with E-state index < -0.39 is 34.8 Å². The molecule has 5 rings (SSSR count). The summed E-state index contributed by atoms with van der Waals surface area (Å²) in [5.41, 5.74) is 0.914. The van der Waals surface area contributed by atoms with Crippen LogP contribution in [0.5, 0.6) is 0 Å². The van der Waals surface area contributed by atoms with Gasteiger partial charge in [-0.25, -0.2) is 22.0 Å². The number of hydrogen-bond acceptors (Lipinski definition) is 3. The highest BCUT2D eigenvalue weighted by Gasteiger charge is 2.30. The molecule has 0 spiro atoms. The standard InChI is InChI=1S/C27H19ClF5N3O/c28-20-6-2-3-17-18(20)4-1-5-19(17)27(37)34-15-7-9-16(10-8-15)35-11-13-36(14-12-35)26-24(32)22(30)21(29)23(31)25(26)33/h1-10H,11-14H2,(H,34,37). The molecule has 4 nitrogen and oxygen atoms in total. The van der Waals surface area contributed by atoms with E-state index in [0.717, 1.165) is 21.4 Å². The van der Waals surface area contributed by atoms with E-state index >= 15 is 0 Å². The minimum absolute atomic E-state index is 0.0560. The van der Waals surface area contributed by atoms with Gasteiger partial charge in [-0.15, -0.1) is 0 Å². The second-order valence-electron chi connectivity index (χ2n) is 8.53. The Morgan fingerprint density at radius 1 is 0.676 bits per heavy atom. The number of anilines is 3. The lowest BCUT2D eigenvalue weighted by Gasteiger charge is -2.37. The van der Waals surface area contributed by atoms with Crippen LogP contribution in [-0.4, -0.2) is 32.1 Å². The van der Waals surface area contributed by atoms with Crippen LogP contribution in [-0.2, 0) is 0 Å². The first-order valence-electron chi connectivity index (χ1n) is 11.4. The highest BCUT2D eigenvalue weighted by atomic mass is 35.5. The minimum Gasteiger partial charge on any atom is -0.368 e. The average Bonchev–Trinajstić information content (AvgIpc) is 2.92. The molecule has 190 valence electrons. The number of fused-ring (bicyclic) bond motifs is 1. The summed E-state index contributed by atoms with van der Waals surface area (Å²) in [6.07, 6.45) is 0. The molecular formula is C27H19ClF5N3O. The van der Waals surface area contributed by atoms with Gasteiger partial charge < -0.3 is 15.1 Å². The van der Waals surface area contributed by atoms with Gasteiger partial charge >= 0.3 is 0 Å². The maximum atomic E-state index is 14.2. The fourth-order valence-electron chi connectivity index (χ4n) is 4.48. The molecule has 4 aromatic carbocycles. The van der Waals surface area contributed by atoms with Crippen LogP contribution < -0.4 is 15.1 Å². The number of rotatable bonds is 4. The Morgan fingerprint density at radius 2 is 1.22 bits per heavy atom. The predicted molar refractivity (Wildman–Crippen MR) is 134 cm³/mol. The molecular weight excluding hydrogens is 513 g/mol. The first-order chi connectivity index (χ1) is 17.8. The molecule has 1 N–H and O–H groups in total. The molecule has 1 amide bonds. The van der Waals surface area contributed by atoms with Crippen LogP contribution in [0.4, 0.5) is 39.0 Å². The van der Waals surface area contributed by atoms with Gasteiger partial charge in [0.15, 0.2) is 23.3 Å². The lowest BCUT2D eigenvalue weighted by Crippen LogP contribution is -2.47. The van der Waals surface area contributed by atoms with Crippen molar-refractivity contribution in [1.82, 2.24) is 0 Å². The first kappa shape index (κ1) is 24.8. The lowest BCUT2D eigenvalue weighted by atomic mass is 10.0. The second kappa shape index (κ2) is 9.89. The number of carbonyl (C=O) groups excluding carboxylic acids is 1. The Morgan fingerprint density at radius 3 is 1.86 bits per heavy atom. The van der Waals surface area contributed by atoms with Gasteiger partial charge in [-0.3, -0.25) is 4.79 Å². The Hall–Kier alpha value is -3.85. The van der Waals surface area contributed by atoms with E-state index in [1.54, 1.807) is 48.5 Å². The maximum absolute atomic E-state index is 14.2. The Kier molecular flexibility index (Phi) is 6.64. The van der Waals surface area contributed by atoms with Gasteiger partial charge in [0.2, 0.25) is 5.82 Å². The van der Waals surface area contributed by atoms with Crippen molar-refractivity contribution in [3.05, 3.63) is 100 Å². The van der Waals surface area contributed by atoms with Gasteiger partial charge in [-0.05, 0) is 41.8 Å². The van der Waals surface area contributed by atoms with Gasteiger partial charge in [-0.2, -0.15) is 0 Å². The van der Waals surface area contributed by atoms with Crippen molar-refractivity contribution >= 4 is 45.3 Å². The Bertz CT molecular complexity index is 1480. The van der Waals surface area contributed by atoms with Crippen LogP contribution in [0.3, 0.4) is 0 Å². The Labute approximate surface area is 213 Å². The molecule has 0 radical (unpaired) electrons. The summed E-state index contributed by atoms with van der Waals surface area (Å²) >= 11 is 6.24. The molecule has 1 aliphatic rings. The number of carbonyl (C=O) groups is 1. The SMILES string of the molecule is O=C(Nc1ccc(N2CCN(c3c(F)c(F)c(F)c(F)c3F)CC2)cc1)c1cccc2c(Cl)cccc12. The molecule has 0 saturated carbocycles. The van der Waals surface area contributed by atoms with E-state index in [1.807, 2.05) is 17.0 Å². The number of nitrogens with zero attached hydrogens (tertiary/aromatic N) is 2. The van der Waals surface area contributed by atoms with Gasteiger partial charge in [0, 0.05) is 53.5 Å². The third-order valence-corrected chi connectivity index (χ3v) is 6.72. The largest absolute Gasteiger partial charge is 0.368 e. The highest BCUT2D eigenvalue weighted by Crippen LogP contribution is 2.32. The normalized spacial score (nSPS) is 13.8. The molecule has 0 aliphatic carbocycles. The van der Waals surface area contributed by atoms with Crippen molar-refractivity contribution in [1.29, 1.82) is 0 Å². The number of hydrogen-bond donors (Lipinski definition) is 1. The fourth-order valence-corrected chi connectivity index (χ4v) is 4.72. The van der Waals surface area contributed by atoms with Crippen LogP contribution in [0.2, 0.25) is 5.02 Å². The number of amides is 1. The number of nitrogens with one attached hydrogen (secondary N) is 1. The van der Waals surface area contributed by atoms with Crippen molar-refractivity contribution in [3.8, 4) is 0 Å². The van der Waals surface area contributed by atoms with Crippen molar-refractivity contribution in [2.75, 3.05) is 41.3 Å². The van der Waals surface area contributed by atoms with Gasteiger partial charge in [-0.1, -0.05) is 35.9 Å². The number of halogens is 6. The quantitative estimate of drug-likeness (QED) is 0.179. The molecule has 1 aliphatic heterocycles. The molecule has 0 atom stereocenters. The topological polar surface area (TPSA) is 35.6 Å². The van der Waals surface area contributed by atoms with Crippen molar-refractivity contribution in [2.45, 2.75) is 0 Å². The van der Waals surface area contributed by atoms with Crippen LogP contribution in [0.25, 0.3) is 10.8 Å². The van der Waals surface area contributed by atoms with Crippen molar-refractivity contribution in [2.24, 2.45) is 0 Å². The van der Waals surface area contributed by atoms with E-state index in [9.17, 15) is 26.7 Å². The fraction of sp³-hybridized carbons (Fsp3) is 0.148. The zero-order valence-corrected chi connectivity index (χ0v) is 19.9. The van der Waals surface area contributed by atoms with Crippen molar-refractivity contribution < 1.29 is 26.7 Å². The summed E-state index contributed by atoms with van der Waals surface area (Å²) in [7, 11) is 0. The monoisotopic (exact) mass is 531 g/mol. The summed E-state index contributed by atoms with van der Waals surface area (Å²) in [5.74, 6) is -10.1. The van der Waals surface area contributed by atoms with Crippen LogP contribution in [0.1, 0.15) is 10.4 Å². The van der Waals surface area contributed by atoms with Gasteiger partial charge in [0.1, 0.15) is 5.69 Å². The van der Waals surface area contributed by atoms with E-state index in [0.29, 0.717) is 29.4 Å². The summed E-state index contributed by atoms with van der Waals surface area (Å²) in [4.78, 5) is 16.0. The van der Waals surface area contributed by atoms with E-state index in [2.05, 4.69) is 5.32 Å². The number of benzene rings is 4. The highest BCUT2D eigenvalue weighted by molar-refractivity contribution is 6.36. The number of piperazine rings is 1. The molecule has 0 unspecified atom stereocenters. The zero-order valence-electron chi connectivity index (χ0n) is 19.2. The van der Waals surface area contributed by atoms with Crippen LogP contribution in [0, 0.1) is 29.1 Å². The predicted octanol–water partition coefficient (Wildman–Crippen LogP) is 6.77. The zero-order chi connectivity index (χ0) is 26.3.